The molecule has 0 N–H and O–H groups in total. The zero-order chi connectivity index (χ0) is 22.4. The molecule has 4 aromatic rings. The minimum absolute atomic E-state index is 0.0383. The molecule has 0 bridgehead atoms. The fourth-order valence-corrected chi connectivity index (χ4v) is 4.67. The molecule has 0 spiro atoms. The molecular weight excluding hydrogens is 404 g/mol. The van der Waals surface area contributed by atoms with Gasteiger partial charge in [-0.2, -0.15) is 0 Å². The summed E-state index contributed by atoms with van der Waals surface area (Å²) in [6, 6.07) is 21.2. The van der Waals surface area contributed by atoms with Crippen molar-refractivity contribution in [3.63, 3.8) is 0 Å². The highest BCUT2D eigenvalue weighted by atomic mass is 16.5. The van der Waals surface area contributed by atoms with Crippen LogP contribution in [-0.4, -0.2) is 31.8 Å². The lowest BCUT2D eigenvalue weighted by atomic mass is 9.97. The van der Waals surface area contributed by atoms with Gasteiger partial charge < -0.3 is 18.8 Å². The van der Waals surface area contributed by atoms with Crippen molar-refractivity contribution in [2.75, 3.05) is 26.2 Å². The van der Waals surface area contributed by atoms with E-state index < -0.39 is 0 Å². The van der Waals surface area contributed by atoms with Gasteiger partial charge in [-0.1, -0.05) is 24.3 Å². The van der Waals surface area contributed by atoms with Crippen LogP contribution in [0.5, 0.6) is 17.2 Å². The predicted octanol–water partition coefficient (Wildman–Crippen LogP) is 4.95. The van der Waals surface area contributed by atoms with E-state index in [1.807, 2.05) is 77.2 Å². The number of aromatic nitrogens is 1. The van der Waals surface area contributed by atoms with E-state index in [0.717, 1.165) is 33.5 Å². The van der Waals surface area contributed by atoms with E-state index in [1.54, 1.807) is 21.3 Å². The average molecular weight is 428 g/mol. The van der Waals surface area contributed by atoms with Gasteiger partial charge in [0, 0.05) is 29.2 Å². The Labute approximate surface area is 186 Å². The van der Waals surface area contributed by atoms with Gasteiger partial charge in [0.15, 0.2) is 11.5 Å². The number of carbonyl (C=O) groups is 1. The molecule has 2 heterocycles. The second kappa shape index (κ2) is 7.64. The fourth-order valence-electron chi connectivity index (χ4n) is 4.67. The molecule has 162 valence electrons. The molecule has 3 aromatic carbocycles. The Kier molecular flexibility index (Phi) is 4.78. The molecule has 0 saturated heterocycles. The van der Waals surface area contributed by atoms with Crippen molar-refractivity contribution < 1.29 is 19.0 Å². The molecule has 1 atom stereocenters. The second-order valence-corrected chi connectivity index (χ2v) is 7.73. The number of anilines is 1. The van der Waals surface area contributed by atoms with E-state index in [0.29, 0.717) is 17.2 Å². The standard InChI is InChI=1S/C26H24N2O4/c1-27-20-8-6-5-7-19(20)23-24(16-9-14-21(31-3)22(15-16)32-4)28(26(29)25(23)27)17-10-12-18(30-2)13-11-17/h5-15,24H,1-4H3/t24-/m0/s1. The lowest BCUT2D eigenvalue weighted by molar-refractivity contribution is 0.0986. The van der Waals surface area contributed by atoms with Crippen LogP contribution in [0.15, 0.2) is 66.7 Å². The lowest BCUT2D eigenvalue weighted by Crippen LogP contribution is -2.29. The third-order valence-corrected chi connectivity index (χ3v) is 6.17. The monoisotopic (exact) mass is 428 g/mol. The number of carbonyl (C=O) groups excluding carboxylic acids is 1. The van der Waals surface area contributed by atoms with Gasteiger partial charge in [0.25, 0.3) is 5.91 Å². The minimum Gasteiger partial charge on any atom is -0.497 e. The van der Waals surface area contributed by atoms with Gasteiger partial charge in [-0.25, -0.2) is 0 Å². The Morgan fingerprint density at radius 2 is 1.53 bits per heavy atom. The summed E-state index contributed by atoms with van der Waals surface area (Å²) in [6.45, 7) is 0. The predicted molar refractivity (Wildman–Crippen MR) is 124 cm³/mol. The molecule has 1 aliphatic rings. The maximum absolute atomic E-state index is 13.8. The first-order valence-electron chi connectivity index (χ1n) is 10.4. The maximum Gasteiger partial charge on any atom is 0.276 e. The van der Waals surface area contributed by atoms with Crippen LogP contribution in [0.4, 0.5) is 5.69 Å². The molecule has 6 nitrogen and oxygen atoms in total. The van der Waals surface area contributed by atoms with Crippen molar-refractivity contribution in [2.45, 2.75) is 6.04 Å². The van der Waals surface area contributed by atoms with E-state index in [9.17, 15) is 4.79 Å². The highest BCUT2D eigenvalue weighted by Crippen LogP contribution is 2.47. The number of para-hydroxylation sites is 1. The average Bonchev–Trinajstić information content (AvgIpc) is 3.31. The van der Waals surface area contributed by atoms with Crippen LogP contribution in [0.3, 0.4) is 0 Å². The zero-order valence-electron chi connectivity index (χ0n) is 18.5. The van der Waals surface area contributed by atoms with Gasteiger partial charge in [-0.3, -0.25) is 9.69 Å². The van der Waals surface area contributed by atoms with Gasteiger partial charge in [-0.05, 0) is 48.0 Å². The second-order valence-electron chi connectivity index (χ2n) is 7.73. The van der Waals surface area contributed by atoms with Gasteiger partial charge in [0.2, 0.25) is 0 Å². The number of fused-ring (bicyclic) bond motifs is 3. The van der Waals surface area contributed by atoms with Crippen LogP contribution >= 0.6 is 0 Å². The first-order chi connectivity index (χ1) is 15.6. The van der Waals surface area contributed by atoms with Gasteiger partial charge >= 0.3 is 0 Å². The van der Waals surface area contributed by atoms with Crippen molar-refractivity contribution in [3.8, 4) is 17.2 Å². The van der Waals surface area contributed by atoms with E-state index in [4.69, 9.17) is 14.2 Å². The van der Waals surface area contributed by atoms with Gasteiger partial charge in [0.1, 0.15) is 11.4 Å². The quantitative estimate of drug-likeness (QED) is 0.451. The van der Waals surface area contributed by atoms with Crippen LogP contribution in [0, 0.1) is 0 Å². The molecule has 0 radical (unpaired) electrons. The first-order valence-corrected chi connectivity index (χ1v) is 10.4. The summed E-state index contributed by atoms with van der Waals surface area (Å²) in [6.07, 6.45) is 0. The smallest absolute Gasteiger partial charge is 0.276 e. The minimum atomic E-state index is -0.309. The Bertz CT molecular complexity index is 1320. The molecule has 1 aliphatic heterocycles. The molecular formula is C26H24N2O4. The van der Waals surface area contributed by atoms with Gasteiger partial charge in [-0.15, -0.1) is 0 Å². The van der Waals surface area contributed by atoms with E-state index in [-0.39, 0.29) is 11.9 Å². The number of aryl methyl sites for hydroxylation is 1. The topological polar surface area (TPSA) is 52.9 Å². The summed E-state index contributed by atoms with van der Waals surface area (Å²) in [5.41, 5.74) is 4.47. The number of hydrogen-bond donors (Lipinski definition) is 0. The molecule has 0 fully saturated rings. The van der Waals surface area contributed by atoms with Crippen LogP contribution in [0.25, 0.3) is 10.9 Å². The lowest BCUT2D eigenvalue weighted by Gasteiger charge is -2.27. The fraction of sp³-hybridized carbons (Fsp3) is 0.192. The van der Waals surface area contributed by atoms with Crippen LogP contribution in [-0.2, 0) is 7.05 Å². The van der Waals surface area contributed by atoms with Crippen molar-refractivity contribution in [1.82, 2.24) is 4.57 Å². The zero-order valence-corrected chi connectivity index (χ0v) is 18.5. The molecule has 5 rings (SSSR count). The largest absolute Gasteiger partial charge is 0.497 e. The molecule has 0 aliphatic carbocycles. The van der Waals surface area contributed by atoms with E-state index in [1.165, 1.54) is 0 Å². The summed E-state index contributed by atoms with van der Waals surface area (Å²) in [5, 5.41) is 1.06. The number of amides is 1. The number of rotatable bonds is 5. The normalized spacial score (nSPS) is 15.2. The molecule has 0 saturated carbocycles. The summed E-state index contributed by atoms with van der Waals surface area (Å²) in [4.78, 5) is 15.7. The first kappa shape index (κ1) is 20.0. The number of benzene rings is 3. The van der Waals surface area contributed by atoms with Crippen LogP contribution in [0.2, 0.25) is 0 Å². The van der Waals surface area contributed by atoms with Crippen molar-refractivity contribution in [2.24, 2.45) is 7.05 Å². The molecule has 32 heavy (non-hydrogen) atoms. The van der Waals surface area contributed by atoms with Crippen molar-refractivity contribution >= 4 is 22.5 Å². The third-order valence-electron chi connectivity index (χ3n) is 6.17. The summed E-state index contributed by atoms with van der Waals surface area (Å²) in [7, 11) is 6.81. The van der Waals surface area contributed by atoms with Crippen LogP contribution in [0.1, 0.15) is 27.7 Å². The van der Waals surface area contributed by atoms with E-state index in [2.05, 4.69) is 6.07 Å². The summed E-state index contributed by atoms with van der Waals surface area (Å²) < 4.78 is 18.3. The summed E-state index contributed by atoms with van der Waals surface area (Å²) in [5.74, 6) is 1.98. The Morgan fingerprint density at radius 3 is 2.22 bits per heavy atom. The number of methoxy groups -OCH3 is 3. The Morgan fingerprint density at radius 1 is 0.812 bits per heavy atom. The highest BCUT2D eigenvalue weighted by Gasteiger charge is 2.43. The third kappa shape index (κ3) is 2.83. The molecule has 1 aromatic heterocycles. The number of hydrogen-bond acceptors (Lipinski definition) is 4. The molecule has 6 heteroatoms. The highest BCUT2D eigenvalue weighted by molar-refractivity contribution is 6.15. The van der Waals surface area contributed by atoms with Gasteiger partial charge in [0.05, 0.1) is 27.4 Å². The summed E-state index contributed by atoms with van der Waals surface area (Å²) >= 11 is 0. The Balaban J connectivity index is 1.76. The van der Waals surface area contributed by atoms with E-state index >= 15 is 0 Å². The molecule has 0 unspecified atom stereocenters. The number of ether oxygens (including phenoxy) is 3. The van der Waals surface area contributed by atoms with Crippen LogP contribution < -0.4 is 19.1 Å². The maximum atomic E-state index is 13.8. The number of nitrogens with zero attached hydrogens (tertiary/aromatic N) is 2. The Hall–Kier alpha value is -3.93. The van der Waals surface area contributed by atoms with Crippen molar-refractivity contribution in [1.29, 1.82) is 0 Å². The SMILES string of the molecule is COc1ccc(N2C(=O)c3c(c4ccccc4n3C)[C@@H]2c2ccc(OC)c(OC)c2)cc1. The van der Waals surface area contributed by atoms with Crippen molar-refractivity contribution in [3.05, 3.63) is 83.6 Å². The molecule has 1 amide bonds.